The van der Waals surface area contributed by atoms with Crippen molar-refractivity contribution in [3.8, 4) is 0 Å². The van der Waals surface area contributed by atoms with E-state index in [9.17, 15) is 0 Å². The van der Waals surface area contributed by atoms with E-state index in [4.69, 9.17) is 4.74 Å². The molecule has 4 saturated carbocycles. The SMILES string of the molecule is C1=CCC(P(=NC23CC4CC(CC(C4)C2)C3)(c2ccccc2)c2ccccc2)=C1. The van der Waals surface area contributed by atoms with Crippen LogP contribution in [0, 0.1) is 17.8 Å². The molecular weight excluding hydrogens is 369 g/mol. The summed E-state index contributed by atoms with van der Waals surface area (Å²) in [7, 11) is -1.97. The van der Waals surface area contributed by atoms with Crippen molar-refractivity contribution in [3.63, 3.8) is 0 Å². The average molecular weight is 400 g/mol. The van der Waals surface area contributed by atoms with Crippen molar-refractivity contribution >= 4 is 17.7 Å². The van der Waals surface area contributed by atoms with Gasteiger partial charge in [-0.05, 0) is 78.6 Å². The topological polar surface area (TPSA) is 12.4 Å². The highest BCUT2D eigenvalue weighted by Gasteiger charge is 2.52. The summed E-state index contributed by atoms with van der Waals surface area (Å²) in [6.45, 7) is 0. The predicted octanol–water partition coefficient (Wildman–Crippen LogP) is 6.65. The zero-order valence-corrected chi connectivity index (χ0v) is 18.0. The monoisotopic (exact) mass is 399 g/mol. The Morgan fingerprint density at radius 1 is 0.724 bits per heavy atom. The van der Waals surface area contributed by atoms with E-state index in [2.05, 4.69) is 78.9 Å². The molecule has 0 unspecified atom stereocenters. The molecule has 0 heterocycles. The van der Waals surface area contributed by atoms with Crippen LogP contribution >= 0.6 is 7.05 Å². The smallest absolute Gasteiger partial charge is 0.0612 e. The zero-order valence-electron chi connectivity index (χ0n) is 17.1. The van der Waals surface area contributed by atoms with Crippen LogP contribution in [0.25, 0.3) is 0 Å². The first-order valence-electron chi connectivity index (χ1n) is 11.4. The van der Waals surface area contributed by atoms with Gasteiger partial charge < -0.3 is 0 Å². The number of hydrogen-bond donors (Lipinski definition) is 0. The summed E-state index contributed by atoms with van der Waals surface area (Å²) in [5, 5.41) is 4.43. The quantitative estimate of drug-likeness (QED) is 0.510. The summed E-state index contributed by atoms with van der Waals surface area (Å²) in [5.74, 6) is 2.78. The molecule has 7 rings (SSSR count). The predicted molar refractivity (Wildman–Crippen MR) is 124 cm³/mol. The lowest BCUT2D eigenvalue weighted by atomic mass is 9.53. The van der Waals surface area contributed by atoms with Gasteiger partial charge >= 0.3 is 0 Å². The lowest BCUT2D eigenvalue weighted by Crippen LogP contribution is -2.49. The van der Waals surface area contributed by atoms with Crippen LogP contribution in [-0.4, -0.2) is 5.54 Å². The third kappa shape index (κ3) is 2.93. The molecule has 29 heavy (non-hydrogen) atoms. The fraction of sp³-hybridized carbons (Fsp3) is 0.407. The summed E-state index contributed by atoms with van der Waals surface area (Å²) < 4.78 is 6.12. The van der Waals surface area contributed by atoms with Gasteiger partial charge in [-0.15, -0.1) is 0 Å². The van der Waals surface area contributed by atoms with E-state index in [1.54, 1.807) is 5.31 Å². The Balaban J connectivity index is 1.63. The summed E-state index contributed by atoms with van der Waals surface area (Å²) in [6.07, 6.45) is 16.4. The first-order chi connectivity index (χ1) is 14.3. The zero-order chi connectivity index (χ0) is 19.3. The highest BCUT2D eigenvalue weighted by molar-refractivity contribution is 7.84. The summed E-state index contributed by atoms with van der Waals surface area (Å²) >= 11 is 0. The minimum absolute atomic E-state index is 0.206. The highest BCUT2D eigenvalue weighted by Crippen LogP contribution is 2.65. The van der Waals surface area contributed by atoms with Gasteiger partial charge in [0.25, 0.3) is 0 Å². The van der Waals surface area contributed by atoms with E-state index >= 15 is 0 Å². The van der Waals surface area contributed by atoms with Crippen molar-refractivity contribution in [2.24, 2.45) is 22.5 Å². The number of rotatable bonds is 4. The first-order valence-corrected chi connectivity index (χ1v) is 13.1. The van der Waals surface area contributed by atoms with Crippen LogP contribution in [0.3, 0.4) is 0 Å². The molecule has 0 N–H and O–H groups in total. The molecule has 0 saturated heterocycles. The van der Waals surface area contributed by atoms with Crippen molar-refractivity contribution in [3.05, 3.63) is 84.2 Å². The molecule has 2 heteroatoms. The second kappa shape index (κ2) is 6.85. The molecule has 0 radical (unpaired) electrons. The standard InChI is InChI=1S/C27H30NP/c1-3-9-24(10-4-1)29(26-13-7-8-14-26,25-11-5-2-6-12-25)28-27-18-21-15-22(19-27)17-23(16-21)20-27/h1-13,21-23H,14-20H2. The van der Waals surface area contributed by atoms with Gasteiger partial charge in [-0.25, -0.2) is 0 Å². The number of benzene rings is 2. The minimum Gasteiger partial charge on any atom is -0.283 e. The second-order valence-corrected chi connectivity index (χ2v) is 12.9. The molecule has 4 bridgehead atoms. The maximum atomic E-state index is 6.12. The van der Waals surface area contributed by atoms with Gasteiger partial charge in [-0.3, -0.25) is 4.74 Å². The van der Waals surface area contributed by atoms with E-state index < -0.39 is 7.05 Å². The van der Waals surface area contributed by atoms with Gasteiger partial charge in [0, 0.05) is 0 Å². The summed E-state index contributed by atoms with van der Waals surface area (Å²) in [4.78, 5) is 0. The van der Waals surface area contributed by atoms with E-state index in [1.165, 1.54) is 49.1 Å². The van der Waals surface area contributed by atoms with Crippen LogP contribution in [0.15, 0.2) is 89.0 Å². The van der Waals surface area contributed by atoms with Crippen molar-refractivity contribution in [2.45, 2.75) is 50.5 Å². The van der Waals surface area contributed by atoms with Crippen LogP contribution in [0.4, 0.5) is 0 Å². The van der Waals surface area contributed by atoms with E-state index in [0.717, 1.165) is 24.2 Å². The molecule has 2 aromatic carbocycles. The molecule has 1 nitrogen and oxygen atoms in total. The molecule has 0 atom stereocenters. The van der Waals surface area contributed by atoms with Crippen molar-refractivity contribution in [1.82, 2.24) is 0 Å². The maximum Gasteiger partial charge on any atom is 0.0612 e. The number of allylic oxidation sites excluding steroid dienone is 4. The minimum atomic E-state index is -1.97. The van der Waals surface area contributed by atoms with Crippen LogP contribution in [0.1, 0.15) is 44.9 Å². The van der Waals surface area contributed by atoms with Gasteiger partial charge in [-0.1, -0.05) is 78.9 Å². The number of nitrogens with zero attached hydrogens (tertiary/aromatic N) is 1. The van der Waals surface area contributed by atoms with Gasteiger partial charge in [-0.2, -0.15) is 0 Å². The first kappa shape index (κ1) is 18.0. The molecular formula is C27H30NP. The maximum absolute atomic E-state index is 6.12. The fourth-order valence-electron chi connectivity index (χ4n) is 7.13. The molecule has 0 aromatic heterocycles. The van der Waals surface area contributed by atoms with Gasteiger partial charge in [0.1, 0.15) is 0 Å². The van der Waals surface area contributed by atoms with Crippen LogP contribution < -0.4 is 10.6 Å². The van der Waals surface area contributed by atoms with Crippen LogP contribution in [0.2, 0.25) is 0 Å². The van der Waals surface area contributed by atoms with Crippen molar-refractivity contribution < 1.29 is 0 Å². The Morgan fingerprint density at radius 2 is 1.24 bits per heavy atom. The Bertz CT molecular complexity index is 936. The van der Waals surface area contributed by atoms with E-state index in [0.29, 0.717) is 0 Å². The van der Waals surface area contributed by atoms with Gasteiger partial charge in [0.2, 0.25) is 0 Å². The average Bonchev–Trinajstić information content (AvgIpc) is 3.28. The molecule has 0 aliphatic heterocycles. The molecule has 5 aliphatic carbocycles. The van der Waals surface area contributed by atoms with Gasteiger partial charge in [0.05, 0.1) is 12.6 Å². The molecule has 2 aromatic rings. The normalized spacial score (nSPS) is 32.4. The lowest BCUT2D eigenvalue weighted by Gasteiger charge is -2.56. The molecule has 4 fully saturated rings. The van der Waals surface area contributed by atoms with E-state index in [-0.39, 0.29) is 5.54 Å². The van der Waals surface area contributed by atoms with E-state index in [1.807, 2.05) is 0 Å². The third-order valence-electron chi connectivity index (χ3n) is 7.80. The Hall–Kier alpha value is -1.85. The van der Waals surface area contributed by atoms with Crippen LogP contribution in [0.5, 0.6) is 0 Å². The highest BCUT2D eigenvalue weighted by atomic mass is 31.2. The summed E-state index contributed by atoms with van der Waals surface area (Å²) in [5.41, 5.74) is 0.206. The molecule has 0 spiro atoms. The van der Waals surface area contributed by atoms with Crippen LogP contribution in [-0.2, 0) is 0 Å². The Kier molecular flexibility index (Phi) is 4.24. The third-order valence-corrected chi connectivity index (χ3v) is 11.8. The number of hydrogen-bond acceptors (Lipinski definition) is 1. The Labute approximate surface area is 175 Å². The largest absolute Gasteiger partial charge is 0.283 e. The van der Waals surface area contributed by atoms with Crippen molar-refractivity contribution in [1.29, 1.82) is 0 Å². The molecule has 0 amide bonds. The summed E-state index contributed by atoms with van der Waals surface area (Å²) in [6, 6.07) is 22.6. The molecule has 5 aliphatic rings. The molecule has 148 valence electrons. The van der Waals surface area contributed by atoms with Crippen molar-refractivity contribution in [2.75, 3.05) is 0 Å². The Morgan fingerprint density at radius 3 is 1.69 bits per heavy atom. The fourth-order valence-corrected chi connectivity index (χ4v) is 11.2. The lowest BCUT2D eigenvalue weighted by molar-refractivity contribution is 0.00257. The second-order valence-electron chi connectivity index (χ2n) is 9.84. The van der Waals surface area contributed by atoms with Gasteiger partial charge in [0.15, 0.2) is 0 Å².